The highest BCUT2D eigenvalue weighted by atomic mass is 31.2. The number of phosphoric ester groups is 1. The number of phosphoric acid groups is 1. The second kappa shape index (κ2) is 18.6. The molecule has 0 aromatic heterocycles. The van der Waals surface area contributed by atoms with Crippen LogP contribution in [0.15, 0.2) is 12.2 Å². The normalized spacial score (nSPS) is 15.0. The number of rotatable bonds is 20. The molecular weight excluding hydrogens is 457 g/mol. The summed E-state index contributed by atoms with van der Waals surface area (Å²) < 4.78 is 31.1. The lowest BCUT2D eigenvalue weighted by atomic mass is 10.1. The van der Waals surface area contributed by atoms with Crippen LogP contribution in [0.5, 0.6) is 0 Å². The molecule has 3 unspecified atom stereocenters. The number of ether oxygens (including phenoxy) is 2. The third kappa shape index (κ3) is 19.4. The fourth-order valence-corrected chi connectivity index (χ4v) is 3.27. The Morgan fingerprint density at radius 1 is 0.970 bits per heavy atom. The second-order valence-electron chi connectivity index (χ2n) is 7.49. The molecule has 0 spiro atoms. The van der Waals surface area contributed by atoms with Crippen molar-refractivity contribution < 1.29 is 47.5 Å². The third-order valence-corrected chi connectivity index (χ3v) is 5.25. The highest BCUT2D eigenvalue weighted by Gasteiger charge is 2.27. The van der Waals surface area contributed by atoms with E-state index in [1.807, 2.05) is 0 Å². The molecule has 0 saturated carbocycles. The molecule has 0 saturated heterocycles. The number of unbranched alkanes of at least 4 members (excludes halogenated alkanes) is 6. The van der Waals surface area contributed by atoms with Gasteiger partial charge in [-0.2, -0.15) is 0 Å². The zero-order valence-corrected chi connectivity index (χ0v) is 20.4. The van der Waals surface area contributed by atoms with Gasteiger partial charge in [0.25, 0.3) is 0 Å². The van der Waals surface area contributed by atoms with Gasteiger partial charge in [0.2, 0.25) is 0 Å². The van der Waals surface area contributed by atoms with Crippen molar-refractivity contribution >= 4 is 25.7 Å². The van der Waals surface area contributed by atoms with Crippen molar-refractivity contribution in [3.63, 3.8) is 0 Å². The maximum atomic E-state index is 12.1. The summed E-state index contributed by atoms with van der Waals surface area (Å²) in [5, 5.41) is 8.66. The summed E-state index contributed by atoms with van der Waals surface area (Å²) in [6, 6.07) is -1.51. The van der Waals surface area contributed by atoms with E-state index in [1.165, 1.54) is 0 Å². The third-order valence-electron chi connectivity index (χ3n) is 4.30. The van der Waals surface area contributed by atoms with E-state index in [-0.39, 0.29) is 13.0 Å². The molecule has 0 aromatic rings. The van der Waals surface area contributed by atoms with Crippen LogP contribution in [0.4, 0.5) is 0 Å². The van der Waals surface area contributed by atoms with Gasteiger partial charge >= 0.3 is 25.7 Å². The predicted octanol–water partition coefficient (Wildman–Crippen LogP) is 3.09. The Morgan fingerprint density at radius 2 is 1.58 bits per heavy atom. The first-order chi connectivity index (χ1) is 15.6. The highest BCUT2D eigenvalue weighted by molar-refractivity contribution is 7.47. The lowest BCUT2D eigenvalue weighted by Crippen LogP contribution is -2.34. The van der Waals surface area contributed by atoms with Crippen LogP contribution in [0.25, 0.3) is 0 Å². The first kappa shape index (κ1) is 31.2. The number of hydrogen-bond donors (Lipinski definition) is 3. The summed E-state index contributed by atoms with van der Waals surface area (Å²) in [6.07, 6.45) is 11.4. The summed E-state index contributed by atoms with van der Waals surface area (Å²) >= 11 is 0. The maximum absolute atomic E-state index is 12.1. The number of carbonyl (C=O) groups is 3. The standard InChI is InChI=1S/C21H38NO10P/c1-3-4-5-6-7-8-9-10-11-12-13-20(24)32-18(14-29-17(2)23)15-30-33(27,28)31-16-19(22)21(25)26/h5-6,18-19H,3-4,7-16,22H2,1-2H3,(H,25,26)(H,27,28)/b6-5-. The number of carboxylic acids is 1. The van der Waals surface area contributed by atoms with Crippen molar-refractivity contribution in [1.82, 2.24) is 0 Å². The van der Waals surface area contributed by atoms with E-state index in [1.54, 1.807) is 0 Å². The number of carboxylic acid groups (broad SMARTS) is 1. The Hall–Kier alpha value is -1.78. The molecule has 0 amide bonds. The smallest absolute Gasteiger partial charge is 0.472 e. The van der Waals surface area contributed by atoms with Gasteiger partial charge in [0.1, 0.15) is 12.6 Å². The predicted molar refractivity (Wildman–Crippen MR) is 120 cm³/mol. The summed E-state index contributed by atoms with van der Waals surface area (Å²) in [4.78, 5) is 43.4. The van der Waals surface area contributed by atoms with Crippen LogP contribution in [0.2, 0.25) is 0 Å². The molecule has 33 heavy (non-hydrogen) atoms. The Labute approximate surface area is 195 Å². The highest BCUT2D eigenvalue weighted by Crippen LogP contribution is 2.43. The SMILES string of the molecule is CCC/C=C\CCCCCCCC(=O)OC(COC(C)=O)COP(=O)(O)OCC(N)C(=O)O. The maximum Gasteiger partial charge on any atom is 0.472 e. The van der Waals surface area contributed by atoms with Crippen LogP contribution in [0, 0.1) is 0 Å². The van der Waals surface area contributed by atoms with Gasteiger partial charge in [-0.15, -0.1) is 0 Å². The molecule has 192 valence electrons. The Bertz CT molecular complexity index is 655. The number of aliphatic carboxylic acids is 1. The van der Waals surface area contributed by atoms with Crippen molar-refractivity contribution in [2.75, 3.05) is 19.8 Å². The van der Waals surface area contributed by atoms with Gasteiger partial charge in [0, 0.05) is 13.3 Å². The van der Waals surface area contributed by atoms with E-state index >= 15 is 0 Å². The van der Waals surface area contributed by atoms with Gasteiger partial charge in [0.15, 0.2) is 6.10 Å². The topological polar surface area (TPSA) is 172 Å². The molecule has 0 aliphatic rings. The van der Waals surface area contributed by atoms with E-state index in [9.17, 15) is 23.8 Å². The largest absolute Gasteiger partial charge is 0.480 e. The average Bonchev–Trinajstić information content (AvgIpc) is 2.75. The van der Waals surface area contributed by atoms with Gasteiger partial charge in [-0.1, -0.05) is 44.8 Å². The van der Waals surface area contributed by atoms with E-state index in [0.717, 1.165) is 51.9 Å². The van der Waals surface area contributed by atoms with Gasteiger partial charge < -0.3 is 25.2 Å². The molecule has 0 aliphatic carbocycles. The molecular formula is C21H38NO10P. The van der Waals surface area contributed by atoms with Gasteiger partial charge in [-0.25, -0.2) is 4.57 Å². The first-order valence-electron chi connectivity index (χ1n) is 11.2. The Kier molecular flexibility index (Phi) is 17.6. The van der Waals surface area contributed by atoms with E-state index in [4.69, 9.17) is 24.8 Å². The molecule has 0 radical (unpaired) electrons. The van der Waals surface area contributed by atoms with Crippen molar-refractivity contribution in [2.45, 2.75) is 83.8 Å². The van der Waals surface area contributed by atoms with Crippen LogP contribution < -0.4 is 5.73 Å². The zero-order chi connectivity index (χ0) is 25.1. The molecule has 0 aromatic carbocycles. The molecule has 0 fully saturated rings. The zero-order valence-electron chi connectivity index (χ0n) is 19.5. The summed E-state index contributed by atoms with van der Waals surface area (Å²) in [7, 11) is -4.66. The van der Waals surface area contributed by atoms with E-state index in [2.05, 4.69) is 23.6 Å². The second-order valence-corrected chi connectivity index (χ2v) is 8.94. The Morgan fingerprint density at radius 3 is 2.21 bits per heavy atom. The van der Waals surface area contributed by atoms with Gasteiger partial charge in [0.05, 0.1) is 13.2 Å². The van der Waals surface area contributed by atoms with Crippen LogP contribution in [0.3, 0.4) is 0 Å². The molecule has 0 bridgehead atoms. The van der Waals surface area contributed by atoms with Crippen LogP contribution >= 0.6 is 7.82 Å². The first-order valence-corrected chi connectivity index (χ1v) is 12.6. The lowest BCUT2D eigenvalue weighted by molar-refractivity contribution is -0.160. The minimum absolute atomic E-state index is 0.147. The van der Waals surface area contributed by atoms with Crippen LogP contribution in [-0.4, -0.2) is 59.9 Å². The molecule has 0 rings (SSSR count). The molecule has 3 atom stereocenters. The molecule has 11 nitrogen and oxygen atoms in total. The van der Waals surface area contributed by atoms with Crippen LogP contribution in [-0.2, 0) is 37.5 Å². The minimum atomic E-state index is -4.66. The van der Waals surface area contributed by atoms with Crippen molar-refractivity contribution in [3.05, 3.63) is 12.2 Å². The van der Waals surface area contributed by atoms with E-state index in [0.29, 0.717) is 6.42 Å². The molecule has 0 heterocycles. The van der Waals surface area contributed by atoms with E-state index < -0.39 is 51.1 Å². The molecule has 4 N–H and O–H groups in total. The molecule has 0 aliphatic heterocycles. The molecule has 12 heteroatoms. The lowest BCUT2D eigenvalue weighted by Gasteiger charge is -2.20. The fourth-order valence-electron chi connectivity index (χ4n) is 2.50. The number of allylic oxidation sites excluding steroid dienone is 2. The summed E-state index contributed by atoms with van der Waals surface area (Å²) in [5.41, 5.74) is 5.19. The number of carbonyl (C=O) groups excluding carboxylic acids is 2. The summed E-state index contributed by atoms with van der Waals surface area (Å²) in [5.74, 6) is -2.60. The number of esters is 2. The van der Waals surface area contributed by atoms with Crippen molar-refractivity contribution in [2.24, 2.45) is 5.73 Å². The quantitative estimate of drug-likeness (QED) is 0.0980. The van der Waals surface area contributed by atoms with Gasteiger partial charge in [-0.3, -0.25) is 23.4 Å². The number of hydrogen-bond acceptors (Lipinski definition) is 9. The summed E-state index contributed by atoms with van der Waals surface area (Å²) in [6.45, 7) is 1.57. The van der Waals surface area contributed by atoms with Gasteiger partial charge in [-0.05, 0) is 25.7 Å². The minimum Gasteiger partial charge on any atom is -0.480 e. The fraction of sp³-hybridized carbons (Fsp3) is 0.762. The van der Waals surface area contributed by atoms with Crippen molar-refractivity contribution in [3.8, 4) is 0 Å². The average molecular weight is 496 g/mol. The monoisotopic (exact) mass is 495 g/mol. The van der Waals surface area contributed by atoms with Crippen molar-refractivity contribution in [1.29, 1.82) is 0 Å². The van der Waals surface area contributed by atoms with Crippen LogP contribution in [0.1, 0.15) is 71.6 Å². The number of nitrogens with two attached hydrogens (primary N) is 1. The Balaban J connectivity index is 4.30.